The Bertz CT molecular complexity index is 496. The number of aliphatic hydroxyl groups is 1. The van der Waals surface area contributed by atoms with E-state index in [0.29, 0.717) is 17.9 Å². The third-order valence-corrected chi connectivity index (χ3v) is 6.63. The van der Waals surface area contributed by atoms with Crippen molar-refractivity contribution in [2.45, 2.75) is 50.5 Å². The van der Waals surface area contributed by atoms with Crippen LogP contribution in [0.4, 0.5) is 0 Å². The van der Waals surface area contributed by atoms with Crippen LogP contribution < -0.4 is 4.74 Å². The van der Waals surface area contributed by atoms with E-state index >= 15 is 0 Å². The number of piperidine rings is 1. The number of benzene rings is 1. The summed E-state index contributed by atoms with van der Waals surface area (Å²) in [6.45, 7) is 4.48. The lowest BCUT2D eigenvalue weighted by Gasteiger charge is -2.50. The normalized spacial score (nSPS) is 20.9. The second-order valence-corrected chi connectivity index (χ2v) is 7.83. The van der Waals surface area contributed by atoms with Gasteiger partial charge in [0.15, 0.2) is 0 Å². The van der Waals surface area contributed by atoms with E-state index in [4.69, 9.17) is 4.74 Å². The number of methoxy groups -OCH3 is 1. The first-order valence-electron chi connectivity index (χ1n) is 7.73. The molecular weight excluding hydrogens is 302 g/mol. The minimum absolute atomic E-state index is 0.0182. The molecule has 0 aliphatic carbocycles. The minimum Gasteiger partial charge on any atom is -0.497 e. The predicted molar refractivity (Wildman–Crippen MR) is 89.6 cm³/mol. The minimum atomic E-state index is -3.05. The number of ether oxygens (including phenoxy) is 1. The number of hydrogen-bond donors (Lipinski definition) is 3. The Morgan fingerprint density at radius 1 is 1.23 bits per heavy atom. The van der Waals surface area contributed by atoms with Crippen LogP contribution in [0.3, 0.4) is 0 Å². The molecule has 0 bridgehead atoms. The van der Waals surface area contributed by atoms with Crippen molar-refractivity contribution in [3.05, 3.63) is 23.3 Å². The Labute approximate surface area is 134 Å². The van der Waals surface area contributed by atoms with Crippen LogP contribution in [-0.2, 0) is 0 Å². The molecule has 6 heteroatoms. The molecule has 2 rings (SSSR count). The number of nitrogens with zero attached hydrogens (tertiary/aromatic N) is 1. The van der Waals surface area contributed by atoms with Gasteiger partial charge in [-0.15, -0.1) is 10.8 Å². The Hall–Kier alpha value is -0.790. The standard InChI is InChI=1S/C16H27NO4S/c1-12-10-15(21-3)11-13(2)16(12)22(19,20)17-8-5-4-6-14(17)7-9-18/h10-11,14,18-20H,4-9H2,1-3H3. The summed E-state index contributed by atoms with van der Waals surface area (Å²) in [6, 6.07) is 3.69. The molecule has 3 N–H and O–H groups in total. The zero-order valence-electron chi connectivity index (χ0n) is 13.6. The third-order valence-electron chi connectivity index (χ3n) is 4.31. The monoisotopic (exact) mass is 329 g/mol. The molecule has 0 aromatic heterocycles. The largest absolute Gasteiger partial charge is 0.497 e. The van der Waals surface area contributed by atoms with Gasteiger partial charge >= 0.3 is 0 Å². The molecule has 1 aromatic rings. The topological polar surface area (TPSA) is 73.2 Å². The summed E-state index contributed by atoms with van der Waals surface area (Å²) in [6.07, 6.45) is 3.48. The second-order valence-electron chi connectivity index (χ2n) is 5.91. The fourth-order valence-electron chi connectivity index (χ4n) is 3.32. The summed E-state index contributed by atoms with van der Waals surface area (Å²) >= 11 is 0. The van der Waals surface area contributed by atoms with E-state index in [-0.39, 0.29) is 12.6 Å². The van der Waals surface area contributed by atoms with Gasteiger partial charge in [0, 0.05) is 19.2 Å². The van der Waals surface area contributed by atoms with E-state index in [1.54, 1.807) is 11.4 Å². The lowest BCUT2D eigenvalue weighted by Crippen LogP contribution is -2.42. The molecule has 1 saturated heterocycles. The van der Waals surface area contributed by atoms with Crippen molar-refractivity contribution in [1.29, 1.82) is 0 Å². The van der Waals surface area contributed by atoms with Gasteiger partial charge < -0.3 is 9.84 Å². The quantitative estimate of drug-likeness (QED) is 0.770. The molecule has 126 valence electrons. The Kier molecular flexibility index (Phi) is 5.74. The highest BCUT2D eigenvalue weighted by atomic mass is 32.3. The average molecular weight is 329 g/mol. The van der Waals surface area contributed by atoms with Crippen LogP contribution in [0.2, 0.25) is 0 Å². The number of rotatable bonds is 5. The van der Waals surface area contributed by atoms with Gasteiger partial charge in [-0.2, -0.15) is 4.31 Å². The first kappa shape index (κ1) is 17.6. The van der Waals surface area contributed by atoms with Crippen LogP contribution in [0, 0.1) is 13.8 Å². The maximum atomic E-state index is 11.0. The molecule has 1 heterocycles. The van der Waals surface area contributed by atoms with E-state index in [2.05, 4.69) is 0 Å². The highest BCUT2D eigenvalue weighted by molar-refractivity contribution is 8.22. The van der Waals surface area contributed by atoms with Crippen molar-refractivity contribution in [3.8, 4) is 5.75 Å². The first-order chi connectivity index (χ1) is 10.4. The van der Waals surface area contributed by atoms with Crippen molar-refractivity contribution in [3.63, 3.8) is 0 Å². The zero-order chi connectivity index (χ0) is 16.3. The van der Waals surface area contributed by atoms with E-state index in [1.807, 2.05) is 26.0 Å². The second kappa shape index (κ2) is 7.19. The maximum absolute atomic E-state index is 11.0. The van der Waals surface area contributed by atoms with Gasteiger partial charge in [-0.1, -0.05) is 6.42 Å². The van der Waals surface area contributed by atoms with Gasteiger partial charge in [0.25, 0.3) is 0 Å². The first-order valence-corrected chi connectivity index (χ1v) is 9.23. The molecule has 1 aromatic carbocycles. The Morgan fingerprint density at radius 2 is 1.86 bits per heavy atom. The van der Waals surface area contributed by atoms with Crippen molar-refractivity contribution >= 4 is 10.8 Å². The molecule has 1 unspecified atom stereocenters. The fourth-order valence-corrected chi connectivity index (χ4v) is 5.55. The Morgan fingerprint density at radius 3 is 2.41 bits per heavy atom. The molecule has 5 nitrogen and oxygen atoms in total. The van der Waals surface area contributed by atoms with Crippen molar-refractivity contribution in [2.24, 2.45) is 0 Å². The van der Waals surface area contributed by atoms with Crippen LogP contribution >= 0.6 is 10.8 Å². The fraction of sp³-hybridized carbons (Fsp3) is 0.625. The SMILES string of the molecule is COc1cc(C)c(S(O)(O)N2CCCCC2CCO)c(C)c1. The maximum Gasteiger partial charge on any atom is 0.119 e. The van der Waals surface area contributed by atoms with E-state index < -0.39 is 10.8 Å². The molecule has 1 aliphatic rings. The van der Waals surface area contributed by atoms with Gasteiger partial charge in [0.1, 0.15) is 5.75 Å². The molecule has 22 heavy (non-hydrogen) atoms. The van der Waals surface area contributed by atoms with Gasteiger partial charge in [0.05, 0.1) is 12.0 Å². The van der Waals surface area contributed by atoms with E-state index in [1.165, 1.54) is 0 Å². The van der Waals surface area contributed by atoms with Crippen LogP contribution in [0.1, 0.15) is 36.8 Å². The summed E-state index contributed by atoms with van der Waals surface area (Å²) in [4.78, 5) is 0.595. The van der Waals surface area contributed by atoms with Crippen molar-refractivity contribution in [2.75, 3.05) is 20.3 Å². The molecule has 0 spiro atoms. The van der Waals surface area contributed by atoms with Crippen LogP contribution in [0.5, 0.6) is 5.75 Å². The Balaban J connectivity index is 2.40. The highest BCUT2D eigenvalue weighted by Crippen LogP contribution is 2.57. The van der Waals surface area contributed by atoms with Crippen LogP contribution in [0.15, 0.2) is 17.0 Å². The smallest absolute Gasteiger partial charge is 0.119 e. The highest BCUT2D eigenvalue weighted by Gasteiger charge is 2.35. The predicted octanol–water partition coefficient (Wildman–Crippen LogP) is 3.57. The summed E-state index contributed by atoms with van der Waals surface area (Å²) in [5, 5.41) is 9.25. The van der Waals surface area contributed by atoms with Gasteiger partial charge in [-0.3, -0.25) is 9.11 Å². The van der Waals surface area contributed by atoms with Crippen LogP contribution in [0.25, 0.3) is 0 Å². The molecule has 0 saturated carbocycles. The lowest BCUT2D eigenvalue weighted by atomic mass is 10.0. The van der Waals surface area contributed by atoms with Gasteiger partial charge in [-0.25, -0.2) is 0 Å². The lowest BCUT2D eigenvalue weighted by molar-refractivity contribution is 0.179. The molecule has 1 atom stereocenters. The number of aliphatic hydroxyl groups excluding tert-OH is 1. The van der Waals surface area contributed by atoms with Crippen LogP contribution in [-0.4, -0.2) is 44.8 Å². The summed E-state index contributed by atoms with van der Waals surface area (Å²) in [7, 11) is -1.45. The number of hydrogen-bond acceptors (Lipinski definition) is 5. The van der Waals surface area contributed by atoms with E-state index in [9.17, 15) is 14.2 Å². The summed E-state index contributed by atoms with van der Waals surface area (Å²) < 4.78 is 29.0. The third kappa shape index (κ3) is 3.41. The zero-order valence-corrected chi connectivity index (χ0v) is 14.4. The summed E-state index contributed by atoms with van der Waals surface area (Å²) in [5.41, 5.74) is 1.65. The van der Waals surface area contributed by atoms with E-state index in [0.717, 1.165) is 36.1 Å². The molecule has 1 aliphatic heterocycles. The molecule has 0 amide bonds. The number of aryl methyl sites for hydroxylation is 2. The average Bonchev–Trinajstić information content (AvgIpc) is 2.47. The molecule has 1 fully saturated rings. The molecular formula is C16H27NO4S. The van der Waals surface area contributed by atoms with Crippen molar-refractivity contribution in [1.82, 2.24) is 4.31 Å². The van der Waals surface area contributed by atoms with Gasteiger partial charge in [-0.05, 0) is 56.4 Å². The summed E-state index contributed by atoms with van der Waals surface area (Å²) in [5.74, 6) is 0.722. The van der Waals surface area contributed by atoms with Gasteiger partial charge in [0.2, 0.25) is 0 Å². The van der Waals surface area contributed by atoms with Crippen molar-refractivity contribution < 1.29 is 18.9 Å². The molecule has 0 radical (unpaired) electrons.